The first-order valence-corrected chi connectivity index (χ1v) is 6.70. The third-order valence-corrected chi connectivity index (χ3v) is 2.81. The highest BCUT2D eigenvalue weighted by Crippen LogP contribution is 2.14. The molecule has 0 atom stereocenters. The molecule has 0 aliphatic rings. The van der Waals surface area contributed by atoms with Crippen LogP contribution in [-0.2, 0) is 13.1 Å². The van der Waals surface area contributed by atoms with Crippen molar-refractivity contribution >= 4 is 0 Å². The third-order valence-electron chi connectivity index (χ3n) is 2.81. The first-order valence-electron chi connectivity index (χ1n) is 6.70. The average Bonchev–Trinajstić information content (AvgIpc) is 2.97. The van der Waals surface area contributed by atoms with Crippen LogP contribution in [0.1, 0.15) is 24.2 Å². The predicted octanol–water partition coefficient (Wildman–Crippen LogP) is 3.25. The first kappa shape index (κ1) is 14.2. The molecule has 0 saturated heterocycles. The Morgan fingerprint density at radius 2 is 2.15 bits per heavy atom. The van der Waals surface area contributed by atoms with Gasteiger partial charge in [-0.05, 0) is 36.2 Å². The number of unbranched alkanes of at least 4 members (excludes halogenated alkanes) is 1. The van der Waals surface area contributed by atoms with E-state index in [1.54, 1.807) is 6.26 Å². The molecule has 104 valence electrons. The lowest BCUT2D eigenvalue weighted by Gasteiger charge is -2.08. The van der Waals surface area contributed by atoms with Gasteiger partial charge >= 0.3 is 0 Å². The van der Waals surface area contributed by atoms with Gasteiger partial charge in [0.1, 0.15) is 11.5 Å². The van der Waals surface area contributed by atoms with Crippen molar-refractivity contribution in [2.24, 2.45) is 0 Å². The van der Waals surface area contributed by atoms with Crippen LogP contribution in [0.5, 0.6) is 5.75 Å². The zero-order valence-electron chi connectivity index (χ0n) is 11.3. The number of rotatable bonds is 8. The van der Waals surface area contributed by atoms with Crippen LogP contribution in [0, 0.1) is 11.3 Å². The Morgan fingerprint density at radius 3 is 2.95 bits per heavy atom. The summed E-state index contributed by atoms with van der Waals surface area (Å²) < 4.78 is 10.9. The standard InChI is InChI=1S/C16H18N2O2/c17-8-1-2-9-19-15-6-3-5-14(11-15)12-18-13-16-7-4-10-20-16/h3-7,10-11,18H,1-2,9,12-13H2. The van der Waals surface area contributed by atoms with Crippen molar-refractivity contribution in [3.05, 3.63) is 54.0 Å². The van der Waals surface area contributed by atoms with Gasteiger partial charge in [-0.15, -0.1) is 0 Å². The second kappa shape index (κ2) is 8.03. The summed E-state index contributed by atoms with van der Waals surface area (Å²) in [7, 11) is 0. The molecule has 0 saturated carbocycles. The fourth-order valence-electron chi connectivity index (χ4n) is 1.83. The van der Waals surface area contributed by atoms with Crippen LogP contribution in [0.15, 0.2) is 47.1 Å². The molecule has 1 heterocycles. The predicted molar refractivity (Wildman–Crippen MR) is 76.0 cm³/mol. The normalized spacial score (nSPS) is 10.2. The minimum absolute atomic E-state index is 0.532. The van der Waals surface area contributed by atoms with Gasteiger partial charge in [0, 0.05) is 13.0 Å². The number of hydrogen-bond donors (Lipinski definition) is 1. The van der Waals surface area contributed by atoms with E-state index in [9.17, 15) is 0 Å². The highest BCUT2D eigenvalue weighted by Gasteiger charge is 1.99. The molecule has 1 N–H and O–H groups in total. The van der Waals surface area contributed by atoms with Crippen LogP contribution in [0.2, 0.25) is 0 Å². The number of nitrogens with zero attached hydrogens (tertiary/aromatic N) is 1. The molecule has 2 aromatic rings. The molecule has 2 rings (SSSR count). The molecular weight excluding hydrogens is 252 g/mol. The van der Waals surface area contributed by atoms with E-state index < -0.39 is 0 Å². The highest BCUT2D eigenvalue weighted by atomic mass is 16.5. The zero-order valence-corrected chi connectivity index (χ0v) is 11.3. The van der Waals surface area contributed by atoms with E-state index in [0.29, 0.717) is 19.6 Å². The molecule has 1 aromatic heterocycles. The van der Waals surface area contributed by atoms with Crippen molar-refractivity contribution in [3.63, 3.8) is 0 Å². The summed E-state index contributed by atoms with van der Waals surface area (Å²) in [6, 6.07) is 13.9. The first-order chi connectivity index (χ1) is 9.88. The van der Waals surface area contributed by atoms with Gasteiger partial charge in [-0.25, -0.2) is 0 Å². The SMILES string of the molecule is N#CCCCOc1cccc(CNCc2ccco2)c1. The Balaban J connectivity index is 1.75. The van der Waals surface area contributed by atoms with E-state index in [4.69, 9.17) is 14.4 Å². The maximum absolute atomic E-state index is 8.46. The maximum atomic E-state index is 8.46. The van der Waals surface area contributed by atoms with E-state index >= 15 is 0 Å². The Morgan fingerprint density at radius 1 is 1.20 bits per heavy atom. The van der Waals surface area contributed by atoms with Gasteiger partial charge in [0.15, 0.2) is 0 Å². The fourth-order valence-corrected chi connectivity index (χ4v) is 1.83. The topological polar surface area (TPSA) is 58.2 Å². The summed E-state index contributed by atoms with van der Waals surface area (Å²) in [6.45, 7) is 2.05. The van der Waals surface area contributed by atoms with E-state index in [1.165, 1.54) is 0 Å². The minimum Gasteiger partial charge on any atom is -0.494 e. The van der Waals surface area contributed by atoms with Crippen LogP contribution < -0.4 is 10.1 Å². The molecule has 0 aliphatic carbocycles. The molecule has 0 radical (unpaired) electrons. The molecule has 0 bridgehead atoms. The summed E-state index contributed by atoms with van der Waals surface area (Å²) in [5, 5.41) is 11.8. The second-order valence-corrected chi connectivity index (χ2v) is 4.44. The molecule has 0 fully saturated rings. The Labute approximate surface area is 119 Å². The Kier molecular flexibility index (Phi) is 5.69. The van der Waals surface area contributed by atoms with Crippen molar-refractivity contribution < 1.29 is 9.15 Å². The van der Waals surface area contributed by atoms with Crippen molar-refractivity contribution in [2.75, 3.05) is 6.61 Å². The molecule has 4 heteroatoms. The number of furan rings is 1. The van der Waals surface area contributed by atoms with Gasteiger partial charge in [-0.2, -0.15) is 5.26 Å². The minimum atomic E-state index is 0.532. The highest BCUT2D eigenvalue weighted by molar-refractivity contribution is 5.28. The Hall–Kier alpha value is -2.25. The molecule has 0 spiro atoms. The quantitative estimate of drug-likeness (QED) is 0.748. The number of nitriles is 1. The van der Waals surface area contributed by atoms with Gasteiger partial charge in [-0.3, -0.25) is 0 Å². The van der Waals surface area contributed by atoms with Crippen molar-refractivity contribution in [1.82, 2.24) is 5.32 Å². The van der Waals surface area contributed by atoms with E-state index in [2.05, 4.69) is 17.5 Å². The summed E-state index contributed by atoms with van der Waals surface area (Å²) in [4.78, 5) is 0. The van der Waals surface area contributed by atoms with Crippen molar-refractivity contribution in [1.29, 1.82) is 5.26 Å². The van der Waals surface area contributed by atoms with Gasteiger partial charge in [0.05, 0.1) is 25.5 Å². The molecule has 20 heavy (non-hydrogen) atoms. The molecule has 1 aromatic carbocycles. The van der Waals surface area contributed by atoms with Crippen LogP contribution in [0.3, 0.4) is 0 Å². The van der Waals surface area contributed by atoms with Gasteiger partial charge < -0.3 is 14.5 Å². The maximum Gasteiger partial charge on any atom is 0.119 e. The molecule has 4 nitrogen and oxygen atoms in total. The molecule has 0 aliphatic heterocycles. The van der Waals surface area contributed by atoms with Crippen molar-refractivity contribution in [3.8, 4) is 11.8 Å². The smallest absolute Gasteiger partial charge is 0.119 e. The Bertz CT molecular complexity index is 544. The molecule has 0 unspecified atom stereocenters. The van der Waals surface area contributed by atoms with Crippen LogP contribution in [-0.4, -0.2) is 6.61 Å². The lowest BCUT2D eigenvalue weighted by atomic mass is 10.2. The van der Waals surface area contributed by atoms with Gasteiger partial charge in [-0.1, -0.05) is 12.1 Å². The molecular formula is C16H18N2O2. The lowest BCUT2D eigenvalue weighted by Crippen LogP contribution is -2.12. The molecule has 0 amide bonds. The fraction of sp³-hybridized carbons (Fsp3) is 0.312. The summed E-state index contributed by atoms with van der Waals surface area (Å²) in [6.07, 6.45) is 2.97. The van der Waals surface area contributed by atoms with Crippen LogP contribution in [0.4, 0.5) is 0 Å². The zero-order chi connectivity index (χ0) is 14.0. The lowest BCUT2D eigenvalue weighted by molar-refractivity contribution is 0.312. The number of ether oxygens (including phenoxy) is 1. The second-order valence-electron chi connectivity index (χ2n) is 4.44. The summed E-state index contributed by atoms with van der Waals surface area (Å²) in [5.41, 5.74) is 1.16. The monoisotopic (exact) mass is 270 g/mol. The van der Waals surface area contributed by atoms with E-state index in [0.717, 1.165) is 30.0 Å². The number of hydrogen-bond acceptors (Lipinski definition) is 4. The van der Waals surface area contributed by atoms with Crippen LogP contribution in [0.25, 0.3) is 0 Å². The summed E-state index contributed by atoms with van der Waals surface area (Å²) in [5.74, 6) is 1.77. The summed E-state index contributed by atoms with van der Waals surface area (Å²) >= 11 is 0. The largest absolute Gasteiger partial charge is 0.494 e. The van der Waals surface area contributed by atoms with Crippen molar-refractivity contribution in [2.45, 2.75) is 25.9 Å². The average molecular weight is 270 g/mol. The van der Waals surface area contributed by atoms with Crippen LogP contribution >= 0.6 is 0 Å². The van der Waals surface area contributed by atoms with E-state index in [1.807, 2.05) is 30.3 Å². The van der Waals surface area contributed by atoms with Gasteiger partial charge in [0.25, 0.3) is 0 Å². The number of benzene rings is 1. The third kappa shape index (κ3) is 4.79. The number of nitrogens with one attached hydrogen (secondary N) is 1. The van der Waals surface area contributed by atoms with E-state index in [-0.39, 0.29) is 0 Å². The van der Waals surface area contributed by atoms with Gasteiger partial charge in [0.2, 0.25) is 0 Å².